The molecule has 0 amide bonds. The molecule has 0 N–H and O–H groups in total. The van der Waals surface area contributed by atoms with Crippen LogP contribution in [-0.2, 0) is 0 Å². The molecule has 1 aliphatic heterocycles. The second kappa shape index (κ2) is 5.68. The molecular weight excluding hydrogens is 300 g/mol. The van der Waals surface area contributed by atoms with Gasteiger partial charge in [-0.15, -0.1) is 0 Å². The predicted molar refractivity (Wildman–Crippen MR) is 81.3 cm³/mol. The number of hydrogen-bond acceptors (Lipinski definition) is 6. The van der Waals surface area contributed by atoms with Gasteiger partial charge in [-0.25, -0.2) is 0 Å². The molecule has 0 radical (unpaired) electrons. The van der Waals surface area contributed by atoms with Crippen molar-refractivity contribution >= 4 is 41.0 Å². The summed E-state index contributed by atoms with van der Waals surface area (Å²) in [5.74, 6) is 0. The molecule has 0 saturated heterocycles. The maximum absolute atomic E-state index is 11.0. The van der Waals surface area contributed by atoms with Crippen molar-refractivity contribution in [1.29, 1.82) is 0 Å². The Hall–Kier alpha value is -1.80. The Bertz CT molecular complexity index is 651. The molecule has 1 aromatic carbocycles. The number of allylic oxidation sites excluding steroid dienone is 2. The van der Waals surface area contributed by atoms with Crippen LogP contribution >= 0.6 is 23.5 Å². The first-order valence-electron chi connectivity index (χ1n) is 5.56. The topological polar surface area (TPSA) is 86.3 Å². The Morgan fingerprint density at radius 1 is 1.05 bits per heavy atom. The maximum atomic E-state index is 11.0. The van der Waals surface area contributed by atoms with Gasteiger partial charge in [0.2, 0.25) is 0 Å². The van der Waals surface area contributed by atoms with E-state index in [0.717, 1.165) is 20.1 Å². The lowest BCUT2D eigenvalue weighted by Gasteiger charge is -2.00. The molecule has 104 valence electrons. The summed E-state index contributed by atoms with van der Waals surface area (Å²) in [6.07, 6.45) is 1.69. The minimum absolute atomic E-state index is 0.255. The van der Waals surface area contributed by atoms with Crippen molar-refractivity contribution in [1.82, 2.24) is 0 Å². The second-order valence-corrected chi connectivity index (χ2v) is 6.81. The van der Waals surface area contributed by atoms with E-state index in [-0.39, 0.29) is 11.4 Å². The SMILES string of the molecule is CC1=C(C)SC(=Cc2ccc([N+](=O)[O-])cc2[N+](=O)[O-])S1. The van der Waals surface area contributed by atoms with Crippen LogP contribution in [0.3, 0.4) is 0 Å². The average Bonchev–Trinajstić information content (AvgIpc) is 2.68. The van der Waals surface area contributed by atoms with Gasteiger partial charge in [0.25, 0.3) is 11.4 Å². The fourth-order valence-electron chi connectivity index (χ4n) is 1.58. The summed E-state index contributed by atoms with van der Waals surface area (Å²) in [7, 11) is 0. The van der Waals surface area contributed by atoms with E-state index in [1.54, 1.807) is 29.6 Å². The first kappa shape index (κ1) is 14.6. The number of thioether (sulfide) groups is 2. The number of hydrogen-bond donors (Lipinski definition) is 0. The maximum Gasteiger partial charge on any atom is 0.283 e. The number of nitro benzene ring substituents is 2. The van der Waals surface area contributed by atoms with E-state index < -0.39 is 9.85 Å². The molecular formula is C12H10N2O4S2. The number of rotatable bonds is 3. The molecule has 2 rings (SSSR count). The third-order valence-electron chi connectivity index (χ3n) is 2.70. The molecule has 1 heterocycles. The molecule has 0 spiro atoms. The zero-order valence-electron chi connectivity index (χ0n) is 10.7. The highest BCUT2D eigenvalue weighted by Crippen LogP contribution is 2.49. The summed E-state index contributed by atoms with van der Waals surface area (Å²) in [5.41, 5.74) is -0.163. The molecule has 0 bridgehead atoms. The molecule has 0 aromatic heterocycles. The summed E-state index contributed by atoms with van der Waals surface area (Å²) in [5, 5.41) is 21.7. The highest BCUT2D eigenvalue weighted by molar-refractivity contribution is 8.28. The Morgan fingerprint density at radius 3 is 2.15 bits per heavy atom. The monoisotopic (exact) mass is 310 g/mol. The molecule has 0 unspecified atom stereocenters. The minimum atomic E-state index is -0.640. The lowest BCUT2D eigenvalue weighted by Crippen LogP contribution is -1.95. The van der Waals surface area contributed by atoms with Crippen molar-refractivity contribution < 1.29 is 9.85 Å². The summed E-state index contributed by atoms with van der Waals surface area (Å²) in [6.45, 7) is 3.97. The molecule has 0 atom stereocenters. The van der Waals surface area contributed by atoms with Crippen LogP contribution in [0.2, 0.25) is 0 Å². The van der Waals surface area contributed by atoms with Crippen LogP contribution in [0.5, 0.6) is 0 Å². The van der Waals surface area contributed by atoms with E-state index in [1.165, 1.54) is 12.1 Å². The predicted octanol–water partition coefficient (Wildman–Crippen LogP) is 4.53. The van der Waals surface area contributed by atoms with Gasteiger partial charge in [0.1, 0.15) is 0 Å². The zero-order valence-corrected chi connectivity index (χ0v) is 12.3. The van der Waals surface area contributed by atoms with E-state index in [4.69, 9.17) is 0 Å². The second-order valence-electron chi connectivity index (χ2n) is 4.04. The normalized spacial score (nSPS) is 14.6. The van der Waals surface area contributed by atoms with Gasteiger partial charge in [-0.3, -0.25) is 20.2 Å². The van der Waals surface area contributed by atoms with Crippen LogP contribution in [-0.4, -0.2) is 9.85 Å². The van der Waals surface area contributed by atoms with Gasteiger partial charge in [0, 0.05) is 6.07 Å². The van der Waals surface area contributed by atoms with Crippen molar-refractivity contribution in [3.05, 3.63) is 58.0 Å². The van der Waals surface area contributed by atoms with Gasteiger partial charge in [-0.2, -0.15) is 0 Å². The first-order valence-corrected chi connectivity index (χ1v) is 7.19. The van der Waals surface area contributed by atoms with Crippen LogP contribution in [0.15, 0.2) is 32.2 Å². The average molecular weight is 310 g/mol. The summed E-state index contributed by atoms with van der Waals surface area (Å²) in [6, 6.07) is 3.67. The molecule has 6 nitrogen and oxygen atoms in total. The molecule has 1 aromatic rings. The van der Waals surface area contributed by atoms with Gasteiger partial charge < -0.3 is 0 Å². The highest BCUT2D eigenvalue weighted by atomic mass is 32.2. The van der Waals surface area contributed by atoms with E-state index in [0.29, 0.717) is 5.56 Å². The van der Waals surface area contributed by atoms with E-state index in [1.807, 2.05) is 13.8 Å². The van der Waals surface area contributed by atoms with Crippen LogP contribution in [0.1, 0.15) is 19.4 Å². The zero-order chi connectivity index (χ0) is 14.9. The Morgan fingerprint density at radius 2 is 1.65 bits per heavy atom. The number of nitro groups is 2. The smallest absolute Gasteiger partial charge is 0.258 e. The lowest BCUT2D eigenvalue weighted by molar-refractivity contribution is -0.394. The highest BCUT2D eigenvalue weighted by Gasteiger charge is 2.20. The summed E-state index contributed by atoms with van der Waals surface area (Å²) < 4.78 is 0.928. The molecule has 0 saturated carbocycles. The van der Waals surface area contributed by atoms with Crippen molar-refractivity contribution in [3.63, 3.8) is 0 Å². The molecule has 0 fully saturated rings. The number of nitrogens with zero attached hydrogens (tertiary/aromatic N) is 2. The quantitative estimate of drug-likeness (QED) is 0.602. The Kier molecular flexibility index (Phi) is 4.15. The van der Waals surface area contributed by atoms with Crippen LogP contribution < -0.4 is 0 Å². The van der Waals surface area contributed by atoms with Gasteiger partial charge >= 0.3 is 0 Å². The standard InChI is InChI=1S/C12H10N2O4S2/c1-7-8(2)20-12(19-7)5-9-3-4-10(13(15)16)6-11(9)14(17)18/h3-6H,1-2H3. The third kappa shape index (κ3) is 3.02. The Balaban J connectivity index is 2.40. The van der Waals surface area contributed by atoms with E-state index in [9.17, 15) is 20.2 Å². The van der Waals surface area contributed by atoms with Crippen molar-refractivity contribution in [3.8, 4) is 0 Å². The van der Waals surface area contributed by atoms with E-state index >= 15 is 0 Å². The van der Waals surface area contributed by atoms with Crippen molar-refractivity contribution in [2.24, 2.45) is 0 Å². The van der Waals surface area contributed by atoms with Gasteiger partial charge in [0.15, 0.2) is 0 Å². The van der Waals surface area contributed by atoms with Gasteiger partial charge in [-0.05, 0) is 35.8 Å². The largest absolute Gasteiger partial charge is 0.283 e. The summed E-state index contributed by atoms with van der Waals surface area (Å²) in [4.78, 5) is 22.8. The molecule has 8 heteroatoms. The van der Waals surface area contributed by atoms with Gasteiger partial charge in [0.05, 0.1) is 25.7 Å². The Labute approximate surface area is 123 Å². The van der Waals surface area contributed by atoms with E-state index in [2.05, 4.69) is 0 Å². The van der Waals surface area contributed by atoms with Crippen molar-refractivity contribution in [2.75, 3.05) is 0 Å². The minimum Gasteiger partial charge on any atom is -0.258 e. The molecule has 20 heavy (non-hydrogen) atoms. The van der Waals surface area contributed by atoms with Crippen molar-refractivity contribution in [2.45, 2.75) is 13.8 Å². The van der Waals surface area contributed by atoms with Crippen LogP contribution in [0.25, 0.3) is 6.08 Å². The molecule has 1 aliphatic rings. The van der Waals surface area contributed by atoms with Crippen LogP contribution in [0.4, 0.5) is 11.4 Å². The van der Waals surface area contributed by atoms with Crippen LogP contribution in [0, 0.1) is 20.2 Å². The number of benzene rings is 1. The molecule has 0 aliphatic carbocycles. The van der Waals surface area contributed by atoms with Gasteiger partial charge in [-0.1, -0.05) is 23.5 Å². The first-order chi connectivity index (χ1) is 9.38. The lowest BCUT2D eigenvalue weighted by atomic mass is 10.1. The fraction of sp³-hybridized carbons (Fsp3) is 0.167. The number of non-ortho nitro benzene ring substituents is 1. The third-order valence-corrected chi connectivity index (χ3v) is 5.19. The fourth-order valence-corrected chi connectivity index (χ4v) is 4.01. The summed E-state index contributed by atoms with van der Waals surface area (Å²) >= 11 is 3.09.